The first kappa shape index (κ1) is 37.2. The topological polar surface area (TPSA) is 155 Å². The molecule has 0 aliphatic carbocycles. The molecule has 47 heavy (non-hydrogen) atoms. The zero-order valence-corrected chi connectivity index (χ0v) is 28.3. The molecule has 1 aliphatic rings. The molecule has 0 radical (unpaired) electrons. The third-order valence-corrected chi connectivity index (χ3v) is 7.98. The summed E-state index contributed by atoms with van der Waals surface area (Å²) in [6.45, 7) is 9.76. The van der Waals surface area contributed by atoms with Crippen molar-refractivity contribution < 1.29 is 33.4 Å². The molecule has 2 aromatic carbocycles. The van der Waals surface area contributed by atoms with Gasteiger partial charge in [-0.05, 0) is 55.6 Å². The highest BCUT2D eigenvalue weighted by molar-refractivity contribution is 5.98. The van der Waals surface area contributed by atoms with Gasteiger partial charge in [0.05, 0.1) is 12.6 Å². The van der Waals surface area contributed by atoms with Crippen molar-refractivity contribution in [1.29, 1.82) is 0 Å². The average Bonchev–Trinajstić information content (AvgIpc) is 3.80. The fourth-order valence-corrected chi connectivity index (χ4v) is 5.27. The standard InChI is InChI=1S/C36H50N4O7/c1-23(2)19-27(31(41)36(5)22-46-36)38-33(43)29(21-26-15-11-8-12-16-26)39-32(42)28(20-24(3)4)40-34(44)30(47-35(45)37-6)18-17-25-13-9-7-10-14-25/h7-16,23-24,27-30H,17-22H2,1-6H3,(H,37,45)(H,38,43)(H,39,42)(H,40,44)/t27-,28-,29-,30-,36+/m0/s1. The number of hydrogen-bond donors (Lipinski definition) is 4. The maximum absolute atomic E-state index is 13.9. The van der Waals surface area contributed by atoms with E-state index in [-0.39, 0.29) is 36.9 Å². The van der Waals surface area contributed by atoms with Crippen LogP contribution in [0.4, 0.5) is 4.79 Å². The molecule has 256 valence electrons. The van der Waals surface area contributed by atoms with E-state index in [4.69, 9.17) is 9.47 Å². The number of carbonyl (C=O) groups is 5. The normalized spacial score (nSPS) is 18.0. The van der Waals surface area contributed by atoms with Crippen LogP contribution in [0.5, 0.6) is 0 Å². The minimum Gasteiger partial charge on any atom is -0.436 e. The number of nitrogens with one attached hydrogen (secondary N) is 4. The van der Waals surface area contributed by atoms with E-state index in [2.05, 4.69) is 21.3 Å². The Hall–Kier alpha value is -4.25. The number of Topliss-reactive ketones (excluding diaryl/α,β-unsaturated/α-hetero) is 1. The molecular weight excluding hydrogens is 600 g/mol. The van der Waals surface area contributed by atoms with E-state index in [1.54, 1.807) is 6.92 Å². The van der Waals surface area contributed by atoms with Crippen LogP contribution < -0.4 is 21.3 Å². The van der Waals surface area contributed by atoms with Crippen LogP contribution in [-0.4, -0.2) is 73.1 Å². The van der Waals surface area contributed by atoms with Crippen molar-refractivity contribution in [1.82, 2.24) is 21.3 Å². The highest BCUT2D eigenvalue weighted by Gasteiger charge is 2.50. The van der Waals surface area contributed by atoms with Gasteiger partial charge in [0.2, 0.25) is 11.8 Å². The van der Waals surface area contributed by atoms with Gasteiger partial charge in [-0.15, -0.1) is 0 Å². The van der Waals surface area contributed by atoms with Crippen LogP contribution in [0.1, 0.15) is 65.0 Å². The zero-order chi connectivity index (χ0) is 34.6. The quantitative estimate of drug-likeness (QED) is 0.180. The smallest absolute Gasteiger partial charge is 0.407 e. The van der Waals surface area contributed by atoms with E-state index >= 15 is 0 Å². The van der Waals surface area contributed by atoms with Crippen LogP contribution in [0, 0.1) is 11.8 Å². The lowest BCUT2D eigenvalue weighted by Crippen LogP contribution is -2.58. The molecule has 1 heterocycles. The monoisotopic (exact) mass is 650 g/mol. The van der Waals surface area contributed by atoms with Gasteiger partial charge in [-0.25, -0.2) is 4.79 Å². The van der Waals surface area contributed by atoms with Crippen molar-refractivity contribution in [2.75, 3.05) is 13.7 Å². The molecule has 0 unspecified atom stereocenters. The number of carbonyl (C=O) groups excluding carboxylic acids is 5. The largest absolute Gasteiger partial charge is 0.436 e. The predicted octanol–water partition coefficient (Wildman–Crippen LogP) is 3.49. The van der Waals surface area contributed by atoms with Crippen molar-refractivity contribution >= 4 is 29.6 Å². The second-order valence-electron chi connectivity index (χ2n) is 13.2. The fourth-order valence-electron chi connectivity index (χ4n) is 5.27. The number of benzene rings is 2. The van der Waals surface area contributed by atoms with Crippen LogP contribution in [0.15, 0.2) is 60.7 Å². The first-order valence-corrected chi connectivity index (χ1v) is 16.4. The number of amides is 4. The minimum absolute atomic E-state index is 0.00223. The summed E-state index contributed by atoms with van der Waals surface area (Å²) in [6, 6.07) is 15.9. The summed E-state index contributed by atoms with van der Waals surface area (Å²) < 4.78 is 10.8. The summed E-state index contributed by atoms with van der Waals surface area (Å²) >= 11 is 0. The van der Waals surface area contributed by atoms with Crippen molar-refractivity contribution in [3.63, 3.8) is 0 Å². The number of aryl methyl sites for hydroxylation is 1. The van der Waals surface area contributed by atoms with Crippen LogP contribution in [0.2, 0.25) is 0 Å². The number of ether oxygens (including phenoxy) is 2. The van der Waals surface area contributed by atoms with Crippen molar-refractivity contribution in [3.05, 3.63) is 71.8 Å². The molecule has 1 fully saturated rings. The maximum atomic E-state index is 13.9. The van der Waals surface area contributed by atoms with E-state index in [1.165, 1.54) is 7.05 Å². The van der Waals surface area contributed by atoms with Gasteiger partial charge in [-0.3, -0.25) is 19.2 Å². The molecule has 0 aromatic heterocycles. The number of alkyl carbamates (subject to hydrolysis) is 1. The van der Waals surface area contributed by atoms with E-state index < -0.39 is 53.6 Å². The predicted molar refractivity (Wildman–Crippen MR) is 178 cm³/mol. The molecule has 2 aromatic rings. The molecule has 11 heteroatoms. The summed E-state index contributed by atoms with van der Waals surface area (Å²) in [5.74, 6) is -1.77. The molecule has 4 amide bonds. The summed E-state index contributed by atoms with van der Waals surface area (Å²) in [5.41, 5.74) is 0.848. The fraction of sp³-hybridized carbons (Fsp3) is 0.528. The van der Waals surface area contributed by atoms with Gasteiger partial charge in [0, 0.05) is 13.5 Å². The SMILES string of the molecule is CNC(=O)O[C@@H](CCc1ccccc1)C(=O)N[C@@H](CC(C)C)C(=O)N[C@@H](Cc1ccccc1)C(=O)N[C@@H](CC(C)C)C(=O)[C@@]1(C)CO1. The lowest BCUT2D eigenvalue weighted by atomic mass is 9.93. The van der Waals surface area contributed by atoms with Crippen molar-refractivity contribution in [2.45, 2.75) is 96.6 Å². The first-order chi connectivity index (χ1) is 22.3. The van der Waals surface area contributed by atoms with Gasteiger partial charge in [0.25, 0.3) is 5.91 Å². The Morgan fingerprint density at radius 2 is 1.23 bits per heavy atom. The Kier molecular flexibility index (Phi) is 13.9. The van der Waals surface area contributed by atoms with Crippen LogP contribution in [-0.2, 0) is 41.5 Å². The average molecular weight is 651 g/mol. The molecule has 0 bridgehead atoms. The number of ketones is 1. The molecule has 1 saturated heterocycles. The van der Waals surface area contributed by atoms with E-state index in [0.717, 1.165) is 11.1 Å². The van der Waals surface area contributed by atoms with E-state index in [1.807, 2.05) is 88.4 Å². The van der Waals surface area contributed by atoms with Crippen molar-refractivity contribution in [3.8, 4) is 0 Å². The van der Waals surface area contributed by atoms with Crippen molar-refractivity contribution in [2.24, 2.45) is 11.8 Å². The second-order valence-corrected chi connectivity index (χ2v) is 13.2. The molecule has 5 atom stereocenters. The zero-order valence-electron chi connectivity index (χ0n) is 28.3. The molecule has 11 nitrogen and oxygen atoms in total. The molecular formula is C36H50N4O7. The highest BCUT2D eigenvalue weighted by atomic mass is 16.6. The third-order valence-electron chi connectivity index (χ3n) is 7.98. The van der Waals surface area contributed by atoms with Gasteiger partial charge in [-0.1, -0.05) is 88.4 Å². The molecule has 0 saturated carbocycles. The van der Waals surface area contributed by atoms with Gasteiger partial charge < -0.3 is 30.7 Å². The summed E-state index contributed by atoms with van der Waals surface area (Å²) in [7, 11) is 1.40. The Morgan fingerprint density at radius 3 is 1.77 bits per heavy atom. The molecule has 4 N–H and O–H groups in total. The van der Waals surface area contributed by atoms with Crippen LogP contribution in [0.25, 0.3) is 0 Å². The number of hydrogen-bond acceptors (Lipinski definition) is 7. The highest BCUT2D eigenvalue weighted by Crippen LogP contribution is 2.29. The van der Waals surface area contributed by atoms with Gasteiger partial charge >= 0.3 is 6.09 Å². The Morgan fingerprint density at radius 1 is 0.745 bits per heavy atom. The van der Waals surface area contributed by atoms with E-state index in [9.17, 15) is 24.0 Å². The summed E-state index contributed by atoms with van der Waals surface area (Å²) in [4.78, 5) is 66.6. The Balaban J connectivity index is 1.81. The maximum Gasteiger partial charge on any atom is 0.407 e. The van der Waals surface area contributed by atoms with Gasteiger partial charge in [0.1, 0.15) is 17.7 Å². The Bertz CT molecular complexity index is 1350. The second kappa shape index (κ2) is 17.6. The molecule has 0 spiro atoms. The van der Waals surface area contributed by atoms with Gasteiger partial charge in [-0.2, -0.15) is 0 Å². The summed E-state index contributed by atoms with van der Waals surface area (Å²) in [5, 5.41) is 10.9. The van der Waals surface area contributed by atoms with Crippen LogP contribution >= 0.6 is 0 Å². The van der Waals surface area contributed by atoms with Gasteiger partial charge in [0.15, 0.2) is 11.9 Å². The first-order valence-electron chi connectivity index (χ1n) is 16.4. The summed E-state index contributed by atoms with van der Waals surface area (Å²) in [6.07, 6.45) is -0.405. The number of epoxide rings is 1. The molecule has 3 rings (SSSR count). The minimum atomic E-state index is -1.16. The number of rotatable bonds is 18. The Labute approximate surface area is 277 Å². The molecule has 1 aliphatic heterocycles. The lowest BCUT2D eigenvalue weighted by molar-refractivity contribution is -0.136. The third kappa shape index (κ3) is 12.1. The lowest BCUT2D eigenvalue weighted by Gasteiger charge is -2.28. The van der Waals surface area contributed by atoms with E-state index in [0.29, 0.717) is 19.4 Å². The van der Waals surface area contributed by atoms with Crippen LogP contribution in [0.3, 0.4) is 0 Å².